The number of nitrogens with zero attached hydrogens (tertiary/aromatic N) is 3. The van der Waals surface area contributed by atoms with Crippen LogP contribution in [0.25, 0.3) is 22.5 Å². The molecule has 4 rings (SSSR count). The van der Waals surface area contributed by atoms with E-state index in [0.29, 0.717) is 0 Å². The van der Waals surface area contributed by atoms with Gasteiger partial charge in [0.25, 0.3) is 0 Å². The molecule has 104 valence electrons. The van der Waals surface area contributed by atoms with Gasteiger partial charge in [0, 0.05) is 17.2 Å². The van der Waals surface area contributed by atoms with Crippen LogP contribution < -0.4 is 5.73 Å². The Morgan fingerprint density at radius 3 is 2.62 bits per heavy atom. The quantitative estimate of drug-likeness (QED) is 0.627. The van der Waals surface area contributed by atoms with E-state index in [0.717, 1.165) is 34.5 Å². The van der Waals surface area contributed by atoms with Gasteiger partial charge in [0.2, 0.25) is 0 Å². The molecular formula is C16H14N4S. The predicted octanol–water partition coefficient (Wildman–Crippen LogP) is 2.86. The van der Waals surface area contributed by atoms with E-state index >= 15 is 0 Å². The summed E-state index contributed by atoms with van der Waals surface area (Å²) in [5.74, 6) is 0. The summed E-state index contributed by atoms with van der Waals surface area (Å²) in [6.45, 7) is 0. The maximum Gasteiger partial charge on any atom is 0.122 e. The maximum atomic E-state index is 6.43. The number of hydrogen-bond acceptors (Lipinski definition) is 4. The first-order valence-corrected chi connectivity index (χ1v) is 7.24. The Bertz CT molecular complexity index is 825. The lowest BCUT2D eigenvalue weighted by Gasteiger charge is -2.21. The number of benzene rings is 2. The van der Waals surface area contributed by atoms with Crippen LogP contribution in [0.5, 0.6) is 0 Å². The maximum absolute atomic E-state index is 6.43. The standard InChI is InChI=1S/C16H14N4S/c17-14-9-10-5-1-2-6-11(10)15-16(20(21)19-18-15)13-8-4-3-7-12(13)14/h1-8,14,21H,9,17H2. The van der Waals surface area contributed by atoms with Gasteiger partial charge in [-0.25, -0.2) is 0 Å². The van der Waals surface area contributed by atoms with Gasteiger partial charge in [0.1, 0.15) is 11.4 Å². The third-order valence-corrected chi connectivity index (χ3v) is 4.26. The van der Waals surface area contributed by atoms with Crippen LogP contribution in [0, 0.1) is 0 Å². The minimum atomic E-state index is -0.0567. The summed E-state index contributed by atoms with van der Waals surface area (Å²) in [5.41, 5.74) is 12.6. The summed E-state index contributed by atoms with van der Waals surface area (Å²) in [4.78, 5) is 0. The van der Waals surface area contributed by atoms with Crippen molar-refractivity contribution >= 4 is 12.8 Å². The summed E-state index contributed by atoms with van der Waals surface area (Å²) in [5, 5.41) is 8.41. The van der Waals surface area contributed by atoms with Crippen molar-refractivity contribution in [2.24, 2.45) is 5.73 Å². The Hall–Kier alpha value is -2.11. The van der Waals surface area contributed by atoms with Crippen molar-refractivity contribution in [1.29, 1.82) is 0 Å². The molecule has 1 atom stereocenters. The van der Waals surface area contributed by atoms with Gasteiger partial charge in [-0.3, -0.25) is 0 Å². The smallest absolute Gasteiger partial charge is 0.122 e. The molecule has 0 spiro atoms. The number of nitrogens with two attached hydrogens (primary N) is 1. The van der Waals surface area contributed by atoms with Gasteiger partial charge >= 0.3 is 0 Å². The lowest BCUT2D eigenvalue weighted by molar-refractivity contribution is 0.722. The fourth-order valence-corrected chi connectivity index (χ4v) is 3.25. The largest absolute Gasteiger partial charge is 0.324 e. The van der Waals surface area contributed by atoms with E-state index in [-0.39, 0.29) is 6.04 Å². The first-order valence-electron chi connectivity index (χ1n) is 6.84. The second-order valence-electron chi connectivity index (χ2n) is 5.23. The molecule has 0 saturated heterocycles. The minimum Gasteiger partial charge on any atom is -0.324 e. The van der Waals surface area contributed by atoms with Crippen LogP contribution in [0.1, 0.15) is 17.2 Å². The lowest BCUT2D eigenvalue weighted by Crippen LogP contribution is -2.16. The molecule has 4 nitrogen and oxygen atoms in total. The van der Waals surface area contributed by atoms with Crippen molar-refractivity contribution in [1.82, 2.24) is 14.4 Å². The molecule has 0 amide bonds. The Morgan fingerprint density at radius 1 is 1.05 bits per heavy atom. The topological polar surface area (TPSA) is 56.7 Å². The monoisotopic (exact) mass is 294 g/mol. The van der Waals surface area contributed by atoms with Crippen LogP contribution in [0.15, 0.2) is 48.5 Å². The normalized spacial score (nSPS) is 16.4. The van der Waals surface area contributed by atoms with Crippen LogP contribution in [-0.2, 0) is 6.42 Å². The molecule has 1 heterocycles. The fourth-order valence-electron chi connectivity index (χ4n) is 3.00. The molecule has 0 bridgehead atoms. The second kappa shape index (κ2) is 4.72. The summed E-state index contributed by atoms with van der Waals surface area (Å²) < 4.78 is 1.53. The molecule has 0 saturated carbocycles. The Kier molecular flexibility index (Phi) is 2.83. The Labute approximate surface area is 128 Å². The zero-order valence-electron chi connectivity index (χ0n) is 11.3. The summed E-state index contributed by atoms with van der Waals surface area (Å²) in [7, 11) is 0. The molecule has 1 aromatic heterocycles. The van der Waals surface area contributed by atoms with Gasteiger partial charge in [-0.2, -0.15) is 4.09 Å². The molecule has 2 aromatic carbocycles. The van der Waals surface area contributed by atoms with Crippen LogP contribution in [0.4, 0.5) is 0 Å². The van der Waals surface area contributed by atoms with Crippen molar-refractivity contribution < 1.29 is 0 Å². The molecular weight excluding hydrogens is 280 g/mol. The Morgan fingerprint density at radius 2 is 1.76 bits per heavy atom. The number of thiol groups is 1. The van der Waals surface area contributed by atoms with Gasteiger partial charge < -0.3 is 5.73 Å². The van der Waals surface area contributed by atoms with Gasteiger partial charge in [-0.05, 0) is 30.4 Å². The SMILES string of the molecule is NC1Cc2ccccc2-c2nnn(S)c2-c2ccccc21. The highest BCUT2D eigenvalue weighted by Crippen LogP contribution is 2.39. The molecule has 0 fully saturated rings. The van der Waals surface area contributed by atoms with Crippen molar-refractivity contribution in [3.05, 3.63) is 59.7 Å². The van der Waals surface area contributed by atoms with Crippen LogP contribution in [0.3, 0.4) is 0 Å². The molecule has 0 aliphatic heterocycles. The van der Waals surface area contributed by atoms with Crippen molar-refractivity contribution in [2.75, 3.05) is 0 Å². The average Bonchev–Trinajstić information content (AvgIpc) is 2.87. The number of aromatic nitrogens is 3. The molecule has 3 aromatic rings. The van der Waals surface area contributed by atoms with Crippen molar-refractivity contribution in [3.63, 3.8) is 0 Å². The molecule has 1 aliphatic rings. The zero-order valence-corrected chi connectivity index (χ0v) is 12.2. The third-order valence-electron chi connectivity index (χ3n) is 3.98. The van der Waals surface area contributed by atoms with Gasteiger partial charge in [0.05, 0.1) is 0 Å². The Balaban J connectivity index is 2.11. The van der Waals surface area contributed by atoms with Crippen LogP contribution in [0.2, 0.25) is 0 Å². The van der Waals surface area contributed by atoms with E-state index in [4.69, 9.17) is 5.73 Å². The fraction of sp³-hybridized carbons (Fsp3) is 0.125. The van der Waals surface area contributed by atoms with Crippen LogP contribution >= 0.6 is 12.8 Å². The predicted molar refractivity (Wildman–Crippen MR) is 85.9 cm³/mol. The minimum absolute atomic E-state index is 0.0567. The van der Waals surface area contributed by atoms with Gasteiger partial charge in [-0.15, -0.1) is 5.10 Å². The molecule has 1 unspecified atom stereocenters. The molecule has 5 heteroatoms. The zero-order chi connectivity index (χ0) is 14.4. The number of fused-ring (bicyclic) bond motifs is 5. The number of hydrogen-bond donors (Lipinski definition) is 2. The van der Waals surface area contributed by atoms with E-state index in [1.54, 1.807) is 0 Å². The molecule has 1 aliphatic carbocycles. The van der Waals surface area contributed by atoms with E-state index in [1.807, 2.05) is 24.3 Å². The summed E-state index contributed by atoms with van der Waals surface area (Å²) >= 11 is 4.42. The van der Waals surface area contributed by atoms with Crippen LogP contribution in [-0.4, -0.2) is 14.4 Å². The average molecular weight is 294 g/mol. The summed E-state index contributed by atoms with van der Waals surface area (Å²) in [6, 6.07) is 16.3. The van der Waals surface area contributed by atoms with Crippen molar-refractivity contribution in [2.45, 2.75) is 12.5 Å². The molecule has 21 heavy (non-hydrogen) atoms. The molecule has 2 N–H and O–H groups in total. The highest BCUT2D eigenvalue weighted by molar-refractivity contribution is 7.78. The third kappa shape index (κ3) is 1.89. The second-order valence-corrected chi connectivity index (χ2v) is 5.61. The van der Waals surface area contributed by atoms with Gasteiger partial charge in [0.15, 0.2) is 0 Å². The highest BCUT2D eigenvalue weighted by Gasteiger charge is 2.25. The molecule has 0 radical (unpaired) electrons. The number of rotatable bonds is 0. The van der Waals surface area contributed by atoms with E-state index in [9.17, 15) is 0 Å². The summed E-state index contributed by atoms with van der Waals surface area (Å²) in [6.07, 6.45) is 0.784. The highest BCUT2D eigenvalue weighted by atomic mass is 32.1. The van der Waals surface area contributed by atoms with E-state index in [2.05, 4.69) is 47.4 Å². The van der Waals surface area contributed by atoms with Gasteiger partial charge in [-0.1, -0.05) is 53.7 Å². The lowest BCUT2D eigenvalue weighted by atomic mass is 9.87. The van der Waals surface area contributed by atoms with E-state index < -0.39 is 0 Å². The van der Waals surface area contributed by atoms with Crippen molar-refractivity contribution in [3.8, 4) is 22.5 Å². The first kappa shape index (κ1) is 12.6. The van der Waals surface area contributed by atoms with E-state index in [1.165, 1.54) is 9.65 Å². The first-order chi connectivity index (χ1) is 10.3.